The third-order valence-electron chi connectivity index (χ3n) is 4.27. The summed E-state index contributed by atoms with van der Waals surface area (Å²) in [7, 11) is 0. The number of carbonyl (C=O) groups is 1. The smallest absolute Gasteiger partial charge is 0.267 e. The zero-order valence-corrected chi connectivity index (χ0v) is 19.0. The van der Waals surface area contributed by atoms with Gasteiger partial charge in [0.1, 0.15) is 5.01 Å². The summed E-state index contributed by atoms with van der Waals surface area (Å²) in [6.45, 7) is 0. The fraction of sp³-hybridized carbons (Fsp3) is 0. The second kappa shape index (κ2) is 8.09. The first-order chi connectivity index (χ1) is 14.6. The fourth-order valence-electron chi connectivity index (χ4n) is 2.83. The number of hydrogen-bond donors (Lipinski definition) is 1. The molecule has 30 heavy (non-hydrogen) atoms. The van der Waals surface area contributed by atoms with Crippen molar-refractivity contribution < 1.29 is 4.79 Å². The van der Waals surface area contributed by atoms with Gasteiger partial charge in [-0.15, -0.1) is 34.0 Å². The number of rotatable bonds is 4. The van der Waals surface area contributed by atoms with Crippen LogP contribution in [0.5, 0.6) is 0 Å². The van der Waals surface area contributed by atoms with Gasteiger partial charge < -0.3 is 0 Å². The molecule has 0 aliphatic rings. The van der Waals surface area contributed by atoms with E-state index in [0.717, 1.165) is 31.4 Å². The minimum Gasteiger partial charge on any atom is -0.297 e. The van der Waals surface area contributed by atoms with Gasteiger partial charge in [-0.2, -0.15) is 0 Å². The van der Waals surface area contributed by atoms with Crippen LogP contribution in [-0.2, 0) is 0 Å². The Morgan fingerprint density at radius 3 is 2.63 bits per heavy atom. The molecule has 2 aromatic carbocycles. The summed E-state index contributed by atoms with van der Waals surface area (Å²) in [5.41, 5.74) is 2.54. The first-order valence-corrected chi connectivity index (χ1v) is 12.0. The minimum atomic E-state index is -0.192. The van der Waals surface area contributed by atoms with Gasteiger partial charge in [0.2, 0.25) is 0 Å². The Morgan fingerprint density at radius 1 is 0.933 bits per heavy atom. The normalized spacial score (nSPS) is 11.1. The first-order valence-electron chi connectivity index (χ1n) is 8.75. The molecule has 0 aliphatic carbocycles. The highest BCUT2D eigenvalue weighted by Crippen LogP contribution is 2.35. The zero-order valence-electron chi connectivity index (χ0n) is 15.1. The molecule has 0 aliphatic heterocycles. The van der Waals surface area contributed by atoms with E-state index in [4.69, 9.17) is 23.2 Å². The van der Waals surface area contributed by atoms with Gasteiger partial charge in [-0.3, -0.25) is 10.1 Å². The highest BCUT2D eigenvalue weighted by Gasteiger charge is 2.15. The van der Waals surface area contributed by atoms with Crippen molar-refractivity contribution in [1.29, 1.82) is 0 Å². The van der Waals surface area contributed by atoms with Crippen molar-refractivity contribution in [2.45, 2.75) is 0 Å². The lowest BCUT2D eigenvalue weighted by Gasteiger charge is -2.00. The molecule has 0 saturated carbocycles. The molecule has 1 amide bonds. The molecule has 1 N–H and O–H groups in total. The van der Waals surface area contributed by atoms with Crippen LogP contribution in [-0.4, -0.2) is 15.9 Å². The van der Waals surface area contributed by atoms with E-state index in [1.54, 1.807) is 23.5 Å². The minimum absolute atomic E-state index is 0.192. The molecule has 0 saturated heterocycles. The molecule has 4 nitrogen and oxygen atoms in total. The summed E-state index contributed by atoms with van der Waals surface area (Å²) in [6, 6.07) is 17.1. The van der Waals surface area contributed by atoms with Crippen LogP contribution in [0.1, 0.15) is 9.67 Å². The van der Waals surface area contributed by atoms with Gasteiger partial charge in [-0.05, 0) is 36.4 Å². The van der Waals surface area contributed by atoms with E-state index >= 15 is 0 Å². The Morgan fingerprint density at radius 2 is 1.80 bits per heavy atom. The number of anilines is 1. The predicted molar refractivity (Wildman–Crippen MR) is 128 cm³/mol. The molecular weight excluding hydrogens is 477 g/mol. The zero-order chi connectivity index (χ0) is 20.7. The van der Waals surface area contributed by atoms with Crippen LogP contribution in [0, 0.1) is 0 Å². The standard InChI is InChI=1S/C21H11Cl2N3OS3/c22-12-6-5-11(9-13(12)23)15-10-28-21(25-15)26-19(27)17-7-8-18(29-17)20-24-14-3-1-2-4-16(14)30-20/h1-10H,(H,25,26,27). The molecular formula is C21H11Cl2N3OS3. The van der Waals surface area contributed by atoms with Gasteiger partial charge >= 0.3 is 0 Å². The molecule has 0 spiro atoms. The lowest BCUT2D eigenvalue weighted by molar-refractivity contribution is 0.103. The molecule has 5 rings (SSSR count). The van der Waals surface area contributed by atoms with Crippen molar-refractivity contribution in [3.8, 4) is 21.1 Å². The van der Waals surface area contributed by atoms with Crippen LogP contribution in [0.3, 0.4) is 0 Å². The Bertz CT molecular complexity index is 1360. The van der Waals surface area contributed by atoms with Gasteiger partial charge in [0, 0.05) is 10.9 Å². The molecule has 0 unspecified atom stereocenters. The lowest BCUT2D eigenvalue weighted by atomic mass is 10.2. The number of amides is 1. The number of fused-ring (bicyclic) bond motifs is 1. The average Bonchev–Trinajstić information content (AvgIpc) is 3.48. The van der Waals surface area contributed by atoms with Crippen LogP contribution in [0.25, 0.3) is 31.4 Å². The second-order valence-corrected chi connectivity index (χ2v) is 10.1. The van der Waals surface area contributed by atoms with Gasteiger partial charge in [0.05, 0.1) is 35.7 Å². The second-order valence-electron chi connectivity index (χ2n) is 6.27. The van der Waals surface area contributed by atoms with Crippen LogP contribution in [0.15, 0.2) is 60.0 Å². The van der Waals surface area contributed by atoms with E-state index in [-0.39, 0.29) is 5.91 Å². The van der Waals surface area contributed by atoms with Crippen LogP contribution in [0.4, 0.5) is 5.13 Å². The highest BCUT2D eigenvalue weighted by molar-refractivity contribution is 7.26. The van der Waals surface area contributed by atoms with Crippen molar-refractivity contribution in [1.82, 2.24) is 9.97 Å². The van der Waals surface area contributed by atoms with Crippen LogP contribution < -0.4 is 5.32 Å². The Balaban J connectivity index is 1.34. The fourth-order valence-corrected chi connectivity index (χ4v) is 5.76. The molecule has 5 aromatic rings. The highest BCUT2D eigenvalue weighted by atomic mass is 35.5. The summed E-state index contributed by atoms with van der Waals surface area (Å²) < 4.78 is 1.13. The van der Waals surface area contributed by atoms with Gasteiger partial charge in [-0.25, -0.2) is 9.97 Å². The summed E-state index contributed by atoms with van der Waals surface area (Å²) in [5, 5.41) is 7.14. The van der Waals surface area contributed by atoms with Crippen molar-refractivity contribution in [3.05, 3.63) is 74.9 Å². The maximum Gasteiger partial charge on any atom is 0.267 e. The number of aromatic nitrogens is 2. The number of halogens is 2. The van der Waals surface area contributed by atoms with Crippen molar-refractivity contribution in [3.63, 3.8) is 0 Å². The molecule has 0 radical (unpaired) electrons. The van der Waals surface area contributed by atoms with Gasteiger partial charge in [0.15, 0.2) is 5.13 Å². The molecule has 3 aromatic heterocycles. The van der Waals surface area contributed by atoms with E-state index in [0.29, 0.717) is 20.1 Å². The summed E-state index contributed by atoms with van der Waals surface area (Å²) in [5.74, 6) is -0.192. The van der Waals surface area contributed by atoms with Crippen molar-refractivity contribution in [2.75, 3.05) is 5.32 Å². The number of benzene rings is 2. The van der Waals surface area contributed by atoms with Gasteiger partial charge in [-0.1, -0.05) is 41.4 Å². The predicted octanol–water partition coefficient (Wildman–Crippen LogP) is 7.71. The topological polar surface area (TPSA) is 54.9 Å². The summed E-state index contributed by atoms with van der Waals surface area (Å²) in [4.78, 5) is 23.4. The molecule has 3 heterocycles. The SMILES string of the molecule is O=C(Nc1nc(-c2ccc(Cl)c(Cl)c2)cs1)c1ccc(-c2nc3ccccc3s2)s1. The number of thiophene rings is 1. The lowest BCUT2D eigenvalue weighted by Crippen LogP contribution is -2.09. The van der Waals surface area contributed by atoms with Crippen LogP contribution >= 0.6 is 57.2 Å². The molecule has 0 bridgehead atoms. The van der Waals surface area contributed by atoms with E-state index in [1.165, 1.54) is 22.7 Å². The Kier molecular flexibility index (Phi) is 5.30. The maximum atomic E-state index is 12.7. The first kappa shape index (κ1) is 19.7. The molecule has 0 fully saturated rings. The van der Waals surface area contributed by atoms with E-state index in [9.17, 15) is 4.79 Å². The third-order valence-corrected chi connectivity index (χ3v) is 8.06. The number of hydrogen-bond acceptors (Lipinski definition) is 6. The van der Waals surface area contributed by atoms with Crippen molar-refractivity contribution >= 4 is 78.5 Å². The summed E-state index contributed by atoms with van der Waals surface area (Å²) >= 11 is 16.4. The Labute approximate surface area is 193 Å². The molecule has 148 valence electrons. The quantitative estimate of drug-likeness (QED) is 0.282. The maximum absolute atomic E-state index is 12.7. The van der Waals surface area contributed by atoms with Gasteiger partial charge in [0.25, 0.3) is 5.91 Å². The number of nitrogens with one attached hydrogen (secondary N) is 1. The van der Waals surface area contributed by atoms with E-state index in [2.05, 4.69) is 15.3 Å². The van der Waals surface area contributed by atoms with E-state index < -0.39 is 0 Å². The largest absolute Gasteiger partial charge is 0.297 e. The number of para-hydroxylation sites is 1. The average molecular weight is 488 g/mol. The number of carbonyl (C=O) groups excluding carboxylic acids is 1. The number of nitrogens with zero attached hydrogens (tertiary/aromatic N) is 2. The molecule has 9 heteroatoms. The number of thiazole rings is 2. The van der Waals surface area contributed by atoms with E-state index in [1.807, 2.05) is 47.8 Å². The Hall–Kier alpha value is -2.29. The van der Waals surface area contributed by atoms with Crippen LogP contribution in [0.2, 0.25) is 10.0 Å². The molecule has 0 atom stereocenters. The van der Waals surface area contributed by atoms with Crippen molar-refractivity contribution in [2.24, 2.45) is 0 Å². The third kappa shape index (κ3) is 3.87. The summed E-state index contributed by atoms with van der Waals surface area (Å²) in [6.07, 6.45) is 0. The monoisotopic (exact) mass is 487 g/mol.